The fourth-order valence-electron chi connectivity index (χ4n) is 1.82. The summed E-state index contributed by atoms with van der Waals surface area (Å²) >= 11 is 5.87. The second-order valence-corrected chi connectivity index (χ2v) is 4.59. The number of nitrogens with one attached hydrogen (secondary N) is 2. The molecule has 0 spiro atoms. The van der Waals surface area contributed by atoms with Crippen molar-refractivity contribution in [2.75, 3.05) is 0 Å². The van der Waals surface area contributed by atoms with E-state index in [-0.39, 0.29) is 12.0 Å². The molecular formula is C14H13ClN2O3. The molecule has 0 unspecified atom stereocenters. The number of halogens is 1. The Hall–Kier alpha value is -2.27. The van der Waals surface area contributed by atoms with E-state index in [1.54, 1.807) is 19.2 Å². The number of H-pyrrole nitrogens is 2. The highest BCUT2D eigenvalue weighted by atomic mass is 35.5. The van der Waals surface area contributed by atoms with E-state index in [2.05, 4.69) is 9.97 Å². The molecule has 0 aliphatic carbocycles. The van der Waals surface area contributed by atoms with Crippen molar-refractivity contribution in [2.24, 2.45) is 0 Å². The lowest BCUT2D eigenvalue weighted by Gasteiger charge is -1.99. The summed E-state index contributed by atoms with van der Waals surface area (Å²) in [5, 5.41) is 10.3. The highest BCUT2D eigenvalue weighted by Crippen LogP contribution is 2.22. The minimum Gasteiger partial charge on any atom is -0.481 e. The van der Waals surface area contributed by atoms with Gasteiger partial charge >= 0.3 is 5.97 Å². The predicted octanol–water partition coefficient (Wildman–Crippen LogP) is 3.14. The second-order valence-electron chi connectivity index (χ2n) is 4.16. The number of carbonyl (C=O) groups is 1. The van der Waals surface area contributed by atoms with Gasteiger partial charge in [-0.1, -0.05) is 24.6 Å². The maximum atomic E-state index is 11.6. The Kier molecular flexibility index (Phi) is 4.10. The number of hydrogen-bond acceptors (Lipinski definition) is 2. The van der Waals surface area contributed by atoms with Crippen LogP contribution in [0, 0.1) is 0 Å². The van der Waals surface area contributed by atoms with E-state index in [1.807, 2.05) is 18.2 Å². The molecule has 3 N–H and O–H groups in total. The number of aliphatic carboxylic acids is 1. The van der Waals surface area contributed by atoms with Gasteiger partial charge in [-0.25, -0.2) is 0 Å². The van der Waals surface area contributed by atoms with Gasteiger partial charge in [-0.05, 0) is 18.2 Å². The molecule has 1 aromatic carbocycles. The van der Waals surface area contributed by atoms with E-state index in [4.69, 9.17) is 16.7 Å². The first-order valence-corrected chi connectivity index (χ1v) is 6.41. The summed E-state index contributed by atoms with van der Waals surface area (Å²) in [6.07, 6.45) is 1.98. The summed E-state index contributed by atoms with van der Waals surface area (Å²) in [6, 6.07) is 7.37. The molecule has 0 bridgehead atoms. The zero-order valence-corrected chi connectivity index (χ0v) is 11.5. The van der Waals surface area contributed by atoms with Gasteiger partial charge < -0.3 is 15.1 Å². The standard InChI is InChI=1S/C11H7ClN2O.C3H6O2/c12-6-1-2-7-8-3-4-13-10(8)11(15)14-9(7)5-6;1-2-3(4)5/h1-5,13H,(H,14,15);2H2,1H3,(H,4,5). The van der Waals surface area contributed by atoms with Gasteiger partial charge in [-0.3, -0.25) is 9.59 Å². The topological polar surface area (TPSA) is 85.9 Å². The number of aromatic nitrogens is 2. The molecule has 2 aromatic heterocycles. The first-order chi connectivity index (χ1) is 9.52. The average Bonchev–Trinajstić information content (AvgIpc) is 2.89. The predicted molar refractivity (Wildman–Crippen MR) is 79.4 cm³/mol. The van der Waals surface area contributed by atoms with Crippen LogP contribution < -0.4 is 5.56 Å². The Morgan fingerprint density at radius 2 is 2.00 bits per heavy atom. The van der Waals surface area contributed by atoms with Gasteiger partial charge in [0.25, 0.3) is 5.56 Å². The molecule has 0 aliphatic heterocycles. The monoisotopic (exact) mass is 292 g/mol. The molecule has 0 amide bonds. The molecule has 6 heteroatoms. The normalized spacial score (nSPS) is 10.3. The van der Waals surface area contributed by atoms with Crippen LogP contribution >= 0.6 is 11.6 Å². The third-order valence-electron chi connectivity index (χ3n) is 2.80. The van der Waals surface area contributed by atoms with E-state index in [0.717, 1.165) is 16.3 Å². The fraction of sp³-hybridized carbons (Fsp3) is 0.143. The first kappa shape index (κ1) is 14.1. The van der Waals surface area contributed by atoms with Crippen LogP contribution in [0.15, 0.2) is 35.3 Å². The number of benzene rings is 1. The van der Waals surface area contributed by atoms with Crippen molar-refractivity contribution < 1.29 is 9.90 Å². The maximum absolute atomic E-state index is 11.6. The van der Waals surface area contributed by atoms with Crippen LogP contribution in [0.5, 0.6) is 0 Å². The molecule has 2 heterocycles. The third kappa shape index (κ3) is 2.83. The van der Waals surface area contributed by atoms with E-state index in [9.17, 15) is 9.59 Å². The molecule has 0 aliphatic rings. The summed E-state index contributed by atoms with van der Waals surface area (Å²) in [4.78, 5) is 26.7. The van der Waals surface area contributed by atoms with Crippen molar-refractivity contribution >= 4 is 39.4 Å². The number of rotatable bonds is 1. The minimum atomic E-state index is -0.745. The number of pyridine rings is 1. The Morgan fingerprint density at radius 3 is 2.65 bits per heavy atom. The Labute approximate surface area is 119 Å². The zero-order valence-electron chi connectivity index (χ0n) is 10.7. The SMILES string of the molecule is CCC(=O)O.O=c1[nH]c2cc(Cl)ccc2c2cc[nH]c12. The number of aromatic amines is 2. The molecule has 20 heavy (non-hydrogen) atoms. The van der Waals surface area contributed by atoms with Gasteiger partial charge in [0.2, 0.25) is 0 Å². The van der Waals surface area contributed by atoms with Crippen molar-refractivity contribution in [3.05, 3.63) is 45.8 Å². The van der Waals surface area contributed by atoms with Crippen LogP contribution in [0.4, 0.5) is 0 Å². The molecule has 3 aromatic rings. The first-order valence-electron chi connectivity index (χ1n) is 6.03. The van der Waals surface area contributed by atoms with Crippen LogP contribution in [0.25, 0.3) is 21.8 Å². The lowest BCUT2D eigenvalue weighted by Crippen LogP contribution is -2.05. The van der Waals surface area contributed by atoms with E-state index < -0.39 is 5.97 Å². The van der Waals surface area contributed by atoms with Gasteiger partial charge in [-0.15, -0.1) is 0 Å². The largest absolute Gasteiger partial charge is 0.481 e. The summed E-state index contributed by atoms with van der Waals surface area (Å²) in [5.41, 5.74) is 1.24. The van der Waals surface area contributed by atoms with Crippen molar-refractivity contribution in [3.8, 4) is 0 Å². The lowest BCUT2D eigenvalue weighted by atomic mass is 10.1. The molecule has 0 atom stereocenters. The van der Waals surface area contributed by atoms with Gasteiger partial charge in [-0.2, -0.15) is 0 Å². The van der Waals surface area contributed by atoms with Crippen LogP contribution in [0.1, 0.15) is 13.3 Å². The van der Waals surface area contributed by atoms with Gasteiger partial charge in [0, 0.05) is 28.4 Å². The van der Waals surface area contributed by atoms with Crippen molar-refractivity contribution in [1.82, 2.24) is 9.97 Å². The number of carboxylic acids is 1. The van der Waals surface area contributed by atoms with Crippen molar-refractivity contribution in [2.45, 2.75) is 13.3 Å². The van der Waals surface area contributed by atoms with Crippen molar-refractivity contribution in [3.63, 3.8) is 0 Å². The average molecular weight is 293 g/mol. The molecule has 0 saturated carbocycles. The van der Waals surface area contributed by atoms with Crippen molar-refractivity contribution in [1.29, 1.82) is 0 Å². The number of hydrogen-bond donors (Lipinski definition) is 3. The second kappa shape index (κ2) is 5.79. The van der Waals surface area contributed by atoms with Crippen LogP contribution in [0.2, 0.25) is 5.02 Å². The summed E-state index contributed by atoms with van der Waals surface area (Å²) in [5.74, 6) is -0.745. The van der Waals surface area contributed by atoms with Crippen LogP contribution in [-0.2, 0) is 4.79 Å². The fourth-order valence-corrected chi connectivity index (χ4v) is 1.99. The molecule has 0 saturated heterocycles. The summed E-state index contributed by atoms with van der Waals surface area (Å²) < 4.78 is 0. The summed E-state index contributed by atoms with van der Waals surface area (Å²) in [6.45, 7) is 1.60. The highest BCUT2D eigenvalue weighted by molar-refractivity contribution is 6.31. The van der Waals surface area contributed by atoms with E-state index >= 15 is 0 Å². The minimum absolute atomic E-state index is 0.121. The van der Waals surface area contributed by atoms with Gasteiger partial charge in [0.05, 0.1) is 5.52 Å². The van der Waals surface area contributed by atoms with Crippen LogP contribution in [0.3, 0.4) is 0 Å². The summed E-state index contributed by atoms with van der Waals surface area (Å²) in [7, 11) is 0. The molecule has 5 nitrogen and oxygen atoms in total. The van der Waals surface area contributed by atoms with Gasteiger partial charge in [0.1, 0.15) is 5.52 Å². The molecule has 0 fully saturated rings. The number of carboxylic acid groups (broad SMARTS) is 1. The zero-order chi connectivity index (χ0) is 14.7. The molecule has 104 valence electrons. The Bertz CT molecular complexity index is 820. The smallest absolute Gasteiger partial charge is 0.303 e. The van der Waals surface area contributed by atoms with E-state index in [0.29, 0.717) is 10.5 Å². The highest BCUT2D eigenvalue weighted by Gasteiger charge is 2.05. The molecule has 0 radical (unpaired) electrons. The lowest BCUT2D eigenvalue weighted by molar-refractivity contribution is -0.136. The Balaban J connectivity index is 0.000000257. The van der Waals surface area contributed by atoms with Crippen LogP contribution in [-0.4, -0.2) is 21.0 Å². The Morgan fingerprint density at radius 1 is 1.30 bits per heavy atom. The van der Waals surface area contributed by atoms with Gasteiger partial charge in [0.15, 0.2) is 0 Å². The maximum Gasteiger partial charge on any atom is 0.303 e. The molecule has 3 rings (SSSR count). The van der Waals surface area contributed by atoms with E-state index in [1.165, 1.54) is 0 Å². The third-order valence-corrected chi connectivity index (χ3v) is 3.03. The number of fused-ring (bicyclic) bond motifs is 3. The molecular weight excluding hydrogens is 280 g/mol. The quantitative estimate of drug-likeness (QED) is 0.644.